The summed E-state index contributed by atoms with van der Waals surface area (Å²) < 4.78 is 0. The first-order chi connectivity index (χ1) is 7.60. The molecule has 94 valence electrons. The van der Waals surface area contributed by atoms with E-state index in [0.717, 1.165) is 5.75 Å². The highest BCUT2D eigenvalue weighted by Gasteiger charge is 2.17. The quantitative estimate of drug-likeness (QED) is 0.445. The van der Waals surface area contributed by atoms with Crippen LogP contribution in [0.3, 0.4) is 0 Å². The van der Waals surface area contributed by atoms with E-state index < -0.39 is 0 Å². The Morgan fingerprint density at radius 2 is 1.56 bits per heavy atom. The second-order valence-electron chi connectivity index (χ2n) is 4.47. The Labute approximate surface area is 104 Å². The van der Waals surface area contributed by atoms with Gasteiger partial charge in [0.15, 0.2) is 5.78 Å². The minimum Gasteiger partial charge on any atom is -0.295 e. The molecule has 0 radical (unpaired) electrons. The molecular formula is C14H27OS+. The van der Waals surface area contributed by atoms with E-state index >= 15 is 0 Å². The Kier molecular flexibility index (Phi) is 9.80. The lowest BCUT2D eigenvalue weighted by Gasteiger charge is -2.08. The van der Waals surface area contributed by atoms with Gasteiger partial charge < -0.3 is 0 Å². The van der Waals surface area contributed by atoms with Gasteiger partial charge >= 0.3 is 0 Å². The summed E-state index contributed by atoms with van der Waals surface area (Å²) in [6, 6.07) is 0. The summed E-state index contributed by atoms with van der Waals surface area (Å²) in [4.78, 5) is 11.0. The minimum absolute atomic E-state index is 0.187. The number of rotatable bonds is 9. The van der Waals surface area contributed by atoms with Crippen LogP contribution in [-0.4, -0.2) is 23.0 Å². The SMILES string of the molecule is CCCC[S+](CCCC)C/C(C)=C/C(C)=O. The fraction of sp³-hybridized carbons (Fsp3) is 0.786. The molecule has 0 bridgehead atoms. The topological polar surface area (TPSA) is 17.1 Å². The van der Waals surface area contributed by atoms with Crippen molar-refractivity contribution in [3.05, 3.63) is 11.6 Å². The van der Waals surface area contributed by atoms with Crippen molar-refractivity contribution in [1.29, 1.82) is 0 Å². The van der Waals surface area contributed by atoms with E-state index in [-0.39, 0.29) is 5.78 Å². The number of carbonyl (C=O) groups excluding carboxylic acids is 1. The Morgan fingerprint density at radius 1 is 1.06 bits per heavy atom. The maximum Gasteiger partial charge on any atom is 0.152 e. The molecule has 0 aliphatic rings. The number of allylic oxidation sites excluding steroid dienone is 1. The van der Waals surface area contributed by atoms with Crippen LogP contribution in [-0.2, 0) is 15.7 Å². The smallest absolute Gasteiger partial charge is 0.152 e. The van der Waals surface area contributed by atoms with Gasteiger partial charge in [0.2, 0.25) is 0 Å². The zero-order chi connectivity index (χ0) is 12.4. The van der Waals surface area contributed by atoms with Gasteiger partial charge in [0, 0.05) is 0 Å². The average Bonchev–Trinajstić information content (AvgIpc) is 2.20. The summed E-state index contributed by atoms with van der Waals surface area (Å²) in [5, 5.41) is 0. The van der Waals surface area contributed by atoms with Crippen LogP contribution in [0.4, 0.5) is 0 Å². The number of carbonyl (C=O) groups is 1. The van der Waals surface area contributed by atoms with Crippen molar-refractivity contribution in [2.45, 2.75) is 53.4 Å². The van der Waals surface area contributed by atoms with Crippen molar-refractivity contribution >= 4 is 16.7 Å². The summed E-state index contributed by atoms with van der Waals surface area (Å²) in [7, 11) is 0.509. The zero-order valence-electron chi connectivity index (χ0n) is 11.3. The second kappa shape index (κ2) is 9.95. The molecule has 0 saturated carbocycles. The molecule has 0 rings (SSSR count). The van der Waals surface area contributed by atoms with Crippen LogP contribution in [0, 0.1) is 0 Å². The van der Waals surface area contributed by atoms with Gasteiger partial charge in [0.1, 0.15) is 17.3 Å². The highest BCUT2D eigenvalue weighted by atomic mass is 32.2. The van der Waals surface area contributed by atoms with E-state index in [4.69, 9.17) is 0 Å². The largest absolute Gasteiger partial charge is 0.295 e. The van der Waals surface area contributed by atoms with Gasteiger partial charge in [0.05, 0.1) is 0 Å². The van der Waals surface area contributed by atoms with E-state index in [1.165, 1.54) is 42.8 Å². The Hall–Kier alpha value is -0.240. The second-order valence-corrected chi connectivity index (χ2v) is 6.80. The molecule has 0 aromatic rings. The molecule has 0 aliphatic carbocycles. The normalized spacial score (nSPS) is 12.2. The molecule has 1 nitrogen and oxygen atoms in total. The number of ketones is 1. The molecule has 0 aliphatic heterocycles. The number of unbranched alkanes of at least 4 members (excludes halogenated alkanes) is 2. The maximum atomic E-state index is 11.0. The minimum atomic E-state index is 0.187. The lowest BCUT2D eigenvalue weighted by atomic mass is 10.3. The van der Waals surface area contributed by atoms with Crippen molar-refractivity contribution in [3.8, 4) is 0 Å². The monoisotopic (exact) mass is 243 g/mol. The van der Waals surface area contributed by atoms with E-state index in [9.17, 15) is 4.79 Å². The van der Waals surface area contributed by atoms with E-state index in [2.05, 4.69) is 20.8 Å². The zero-order valence-corrected chi connectivity index (χ0v) is 12.2. The fourth-order valence-corrected chi connectivity index (χ4v) is 4.27. The molecule has 0 fully saturated rings. The molecule has 0 spiro atoms. The van der Waals surface area contributed by atoms with E-state index in [1.807, 2.05) is 0 Å². The molecular weight excluding hydrogens is 216 g/mol. The summed E-state index contributed by atoms with van der Waals surface area (Å²) >= 11 is 0. The molecule has 0 aromatic heterocycles. The summed E-state index contributed by atoms with van der Waals surface area (Å²) in [5.74, 6) is 4.02. The van der Waals surface area contributed by atoms with Crippen LogP contribution in [0.25, 0.3) is 0 Å². The van der Waals surface area contributed by atoms with Gasteiger partial charge in [-0.05, 0) is 49.2 Å². The third-order valence-corrected chi connectivity index (χ3v) is 5.05. The third kappa shape index (κ3) is 9.02. The average molecular weight is 243 g/mol. The number of hydrogen-bond acceptors (Lipinski definition) is 1. The molecule has 0 atom stereocenters. The summed E-state index contributed by atoms with van der Waals surface area (Å²) in [6.45, 7) is 8.23. The first-order valence-corrected chi connectivity index (χ1v) is 8.15. The van der Waals surface area contributed by atoms with Crippen LogP contribution in [0.2, 0.25) is 0 Å². The molecule has 0 aromatic carbocycles. The van der Waals surface area contributed by atoms with E-state index in [1.54, 1.807) is 13.0 Å². The molecule has 0 heterocycles. The molecule has 16 heavy (non-hydrogen) atoms. The van der Waals surface area contributed by atoms with Crippen molar-refractivity contribution < 1.29 is 4.79 Å². The van der Waals surface area contributed by atoms with Gasteiger partial charge in [-0.1, -0.05) is 26.7 Å². The Morgan fingerprint density at radius 3 is 1.94 bits per heavy atom. The summed E-state index contributed by atoms with van der Waals surface area (Å²) in [5.41, 5.74) is 1.27. The van der Waals surface area contributed by atoms with Crippen molar-refractivity contribution in [1.82, 2.24) is 0 Å². The lowest BCUT2D eigenvalue weighted by Crippen LogP contribution is -2.17. The molecule has 2 heteroatoms. The molecule has 0 unspecified atom stereocenters. The van der Waals surface area contributed by atoms with Crippen LogP contribution in [0.15, 0.2) is 11.6 Å². The van der Waals surface area contributed by atoms with Crippen molar-refractivity contribution in [2.24, 2.45) is 0 Å². The lowest BCUT2D eigenvalue weighted by molar-refractivity contribution is -0.112. The van der Waals surface area contributed by atoms with Crippen LogP contribution in [0.5, 0.6) is 0 Å². The van der Waals surface area contributed by atoms with Gasteiger partial charge in [-0.15, -0.1) is 0 Å². The van der Waals surface area contributed by atoms with Crippen LogP contribution >= 0.6 is 0 Å². The standard InChI is InChI=1S/C14H27OS/c1-5-7-9-16(10-8-6-2)12-13(3)11-14(4)15/h11H,5-10,12H2,1-4H3/q+1/b13-11+. The summed E-state index contributed by atoms with van der Waals surface area (Å²) in [6.07, 6.45) is 7.04. The predicted octanol–water partition coefficient (Wildman–Crippen LogP) is 3.74. The highest BCUT2D eigenvalue weighted by Crippen LogP contribution is 2.10. The van der Waals surface area contributed by atoms with Crippen molar-refractivity contribution in [3.63, 3.8) is 0 Å². The third-order valence-electron chi connectivity index (χ3n) is 2.45. The van der Waals surface area contributed by atoms with Gasteiger partial charge in [0.25, 0.3) is 0 Å². The Balaban J connectivity index is 4.12. The number of hydrogen-bond donors (Lipinski definition) is 0. The molecule has 0 amide bonds. The van der Waals surface area contributed by atoms with Gasteiger partial charge in [-0.2, -0.15) is 0 Å². The first-order valence-electron chi connectivity index (χ1n) is 6.42. The predicted molar refractivity (Wildman–Crippen MR) is 76.2 cm³/mol. The molecule has 0 N–H and O–H groups in total. The van der Waals surface area contributed by atoms with Crippen LogP contribution in [0.1, 0.15) is 53.4 Å². The fourth-order valence-electron chi connectivity index (χ4n) is 1.65. The maximum absolute atomic E-state index is 11.0. The van der Waals surface area contributed by atoms with E-state index in [0.29, 0.717) is 10.9 Å². The Bertz CT molecular complexity index is 213. The van der Waals surface area contributed by atoms with Crippen LogP contribution < -0.4 is 0 Å². The first kappa shape index (κ1) is 15.8. The molecule has 0 saturated heterocycles. The van der Waals surface area contributed by atoms with Crippen molar-refractivity contribution in [2.75, 3.05) is 17.3 Å². The van der Waals surface area contributed by atoms with Gasteiger partial charge in [-0.25, -0.2) is 0 Å². The highest BCUT2D eigenvalue weighted by molar-refractivity contribution is 7.97. The van der Waals surface area contributed by atoms with Gasteiger partial charge in [-0.3, -0.25) is 4.79 Å².